The molecule has 0 aliphatic rings. The molecule has 0 unspecified atom stereocenters. The van der Waals surface area contributed by atoms with Crippen LogP contribution in [0.5, 0.6) is 0 Å². The molecule has 14 heavy (non-hydrogen) atoms. The molecule has 0 aliphatic carbocycles. The molecule has 2 heteroatoms. The van der Waals surface area contributed by atoms with E-state index in [2.05, 4.69) is 40.3 Å². The number of thiol groups is 1. The summed E-state index contributed by atoms with van der Waals surface area (Å²) in [6.07, 6.45) is 5.25. The lowest BCUT2D eigenvalue weighted by Gasteiger charge is -2.32. The van der Waals surface area contributed by atoms with E-state index in [-0.39, 0.29) is 0 Å². The molecule has 0 N–H and O–H groups in total. The van der Waals surface area contributed by atoms with E-state index in [1.165, 1.54) is 25.7 Å². The summed E-state index contributed by atoms with van der Waals surface area (Å²) in [5, 5.41) is 0. The van der Waals surface area contributed by atoms with Crippen molar-refractivity contribution in [2.75, 3.05) is 12.4 Å². The highest BCUT2D eigenvalue weighted by Crippen LogP contribution is 2.31. The zero-order chi connectivity index (χ0) is 11.0. The summed E-state index contributed by atoms with van der Waals surface area (Å²) in [6, 6.07) is 0. The topological polar surface area (TPSA) is 9.23 Å². The maximum absolute atomic E-state index is 5.75. The smallest absolute Gasteiger partial charge is 0.0533 e. The second kappa shape index (κ2) is 7.58. The second-order valence-electron chi connectivity index (χ2n) is 4.52. The number of hydrogen-bond acceptors (Lipinski definition) is 2. The van der Waals surface area contributed by atoms with Gasteiger partial charge in [0, 0.05) is 5.41 Å². The Morgan fingerprint density at radius 3 is 1.93 bits per heavy atom. The molecule has 0 saturated heterocycles. The van der Waals surface area contributed by atoms with Crippen molar-refractivity contribution < 1.29 is 4.74 Å². The normalized spacial score (nSPS) is 12.4. The molecule has 0 spiro atoms. The quantitative estimate of drug-likeness (QED) is 0.607. The molecule has 1 nitrogen and oxygen atoms in total. The van der Waals surface area contributed by atoms with Crippen LogP contribution < -0.4 is 0 Å². The Hall–Kier alpha value is 0.310. The molecule has 0 atom stereocenters. The third-order valence-corrected chi connectivity index (χ3v) is 3.29. The summed E-state index contributed by atoms with van der Waals surface area (Å²) >= 11 is 4.49. The summed E-state index contributed by atoms with van der Waals surface area (Å²) in [7, 11) is 0. The van der Waals surface area contributed by atoms with Gasteiger partial charge in [0.25, 0.3) is 0 Å². The minimum atomic E-state index is 0.316. The van der Waals surface area contributed by atoms with Crippen molar-refractivity contribution in [1.82, 2.24) is 0 Å². The second-order valence-corrected chi connectivity index (χ2v) is 4.83. The Morgan fingerprint density at radius 1 is 1.14 bits per heavy atom. The van der Waals surface area contributed by atoms with Crippen molar-refractivity contribution in [2.24, 2.45) is 5.41 Å². The lowest BCUT2D eigenvalue weighted by Crippen LogP contribution is -2.30. The first kappa shape index (κ1) is 14.3. The minimum Gasteiger partial charge on any atom is -0.378 e. The van der Waals surface area contributed by atoms with Gasteiger partial charge >= 0.3 is 0 Å². The zero-order valence-electron chi connectivity index (χ0n) is 10.2. The van der Waals surface area contributed by atoms with E-state index < -0.39 is 0 Å². The maximum atomic E-state index is 5.75. The summed E-state index contributed by atoms with van der Waals surface area (Å²) < 4.78 is 5.75. The standard InChI is InChI=1S/C12H26OS/c1-5-7-12(10-14,8-6-2)9-13-11(3)4/h11,14H,5-10H2,1-4H3. The molecule has 0 rings (SSSR count). The highest BCUT2D eigenvalue weighted by Gasteiger charge is 2.27. The third-order valence-electron chi connectivity index (χ3n) is 2.62. The summed E-state index contributed by atoms with van der Waals surface area (Å²) in [4.78, 5) is 0. The van der Waals surface area contributed by atoms with Gasteiger partial charge < -0.3 is 4.74 Å². The first-order chi connectivity index (χ1) is 6.60. The van der Waals surface area contributed by atoms with Gasteiger partial charge in [-0.3, -0.25) is 0 Å². The van der Waals surface area contributed by atoms with Crippen LogP contribution in [0.1, 0.15) is 53.4 Å². The van der Waals surface area contributed by atoms with Crippen LogP contribution in [0.15, 0.2) is 0 Å². The van der Waals surface area contributed by atoms with E-state index >= 15 is 0 Å². The van der Waals surface area contributed by atoms with E-state index in [4.69, 9.17) is 4.74 Å². The fourth-order valence-electron chi connectivity index (χ4n) is 1.88. The Labute approximate surface area is 95.0 Å². The minimum absolute atomic E-state index is 0.316. The molecular formula is C12H26OS. The van der Waals surface area contributed by atoms with E-state index in [0.29, 0.717) is 11.5 Å². The zero-order valence-corrected chi connectivity index (χ0v) is 11.1. The monoisotopic (exact) mass is 218 g/mol. The van der Waals surface area contributed by atoms with E-state index in [1.54, 1.807) is 0 Å². The first-order valence-corrected chi connectivity index (χ1v) is 6.46. The highest BCUT2D eigenvalue weighted by atomic mass is 32.1. The van der Waals surface area contributed by atoms with Crippen molar-refractivity contribution in [3.63, 3.8) is 0 Å². The van der Waals surface area contributed by atoms with Crippen molar-refractivity contribution in [3.8, 4) is 0 Å². The molecule has 0 heterocycles. The summed E-state index contributed by atoms with van der Waals surface area (Å²) in [5.41, 5.74) is 0.316. The molecule has 0 amide bonds. The summed E-state index contributed by atoms with van der Waals surface area (Å²) in [6.45, 7) is 9.55. The van der Waals surface area contributed by atoms with Crippen LogP contribution in [0.2, 0.25) is 0 Å². The summed E-state index contributed by atoms with van der Waals surface area (Å²) in [5.74, 6) is 0.946. The molecule has 0 aromatic heterocycles. The predicted octanol–water partition coefficient (Wildman–Crippen LogP) is 3.93. The van der Waals surface area contributed by atoms with Crippen molar-refractivity contribution in [1.29, 1.82) is 0 Å². The van der Waals surface area contributed by atoms with Crippen LogP contribution in [-0.4, -0.2) is 18.5 Å². The lowest BCUT2D eigenvalue weighted by molar-refractivity contribution is 0.00848. The lowest BCUT2D eigenvalue weighted by atomic mass is 9.82. The molecule has 0 aliphatic heterocycles. The average Bonchev–Trinajstić information content (AvgIpc) is 2.15. The SMILES string of the molecule is CCCC(CS)(CCC)COC(C)C. The Balaban J connectivity index is 4.17. The van der Waals surface area contributed by atoms with Crippen molar-refractivity contribution in [2.45, 2.75) is 59.5 Å². The van der Waals surface area contributed by atoms with Crippen molar-refractivity contribution >= 4 is 12.6 Å². The van der Waals surface area contributed by atoms with Gasteiger partial charge in [-0.1, -0.05) is 26.7 Å². The first-order valence-electron chi connectivity index (χ1n) is 5.82. The Bertz CT molecular complexity index is 128. The number of rotatable bonds is 8. The van der Waals surface area contributed by atoms with Gasteiger partial charge in [-0.2, -0.15) is 12.6 Å². The fourth-order valence-corrected chi connectivity index (χ4v) is 2.28. The van der Waals surface area contributed by atoms with Gasteiger partial charge in [0.05, 0.1) is 12.7 Å². The van der Waals surface area contributed by atoms with Crippen LogP contribution in [-0.2, 0) is 4.74 Å². The van der Waals surface area contributed by atoms with E-state index in [1.807, 2.05) is 0 Å². The highest BCUT2D eigenvalue weighted by molar-refractivity contribution is 7.80. The van der Waals surface area contributed by atoms with Gasteiger partial charge in [0.15, 0.2) is 0 Å². The average molecular weight is 218 g/mol. The van der Waals surface area contributed by atoms with Crippen LogP contribution in [0.25, 0.3) is 0 Å². The van der Waals surface area contributed by atoms with Gasteiger partial charge in [-0.05, 0) is 32.4 Å². The fraction of sp³-hybridized carbons (Fsp3) is 1.00. The van der Waals surface area contributed by atoms with Gasteiger partial charge in [-0.25, -0.2) is 0 Å². The van der Waals surface area contributed by atoms with Gasteiger partial charge in [0.1, 0.15) is 0 Å². The van der Waals surface area contributed by atoms with Crippen LogP contribution in [0.4, 0.5) is 0 Å². The molecule has 86 valence electrons. The molecular weight excluding hydrogens is 192 g/mol. The maximum Gasteiger partial charge on any atom is 0.0533 e. The molecule has 0 fully saturated rings. The van der Waals surface area contributed by atoms with Crippen LogP contribution >= 0.6 is 12.6 Å². The predicted molar refractivity (Wildman–Crippen MR) is 67.2 cm³/mol. The van der Waals surface area contributed by atoms with Crippen LogP contribution in [0.3, 0.4) is 0 Å². The van der Waals surface area contributed by atoms with Crippen molar-refractivity contribution in [3.05, 3.63) is 0 Å². The van der Waals surface area contributed by atoms with Gasteiger partial charge in [0.2, 0.25) is 0 Å². The Morgan fingerprint density at radius 2 is 1.64 bits per heavy atom. The molecule has 0 radical (unpaired) electrons. The number of hydrogen-bond donors (Lipinski definition) is 1. The molecule has 0 bridgehead atoms. The van der Waals surface area contributed by atoms with Crippen LogP contribution in [0, 0.1) is 5.41 Å². The van der Waals surface area contributed by atoms with Gasteiger partial charge in [-0.15, -0.1) is 0 Å². The van der Waals surface area contributed by atoms with E-state index in [9.17, 15) is 0 Å². The van der Waals surface area contributed by atoms with E-state index in [0.717, 1.165) is 12.4 Å². The number of ether oxygens (including phenoxy) is 1. The Kier molecular flexibility index (Phi) is 7.75. The molecule has 0 aromatic rings. The molecule has 0 aromatic carbocycles. The third kappa shape index (κ3) is 5.26. The largest absolute Gasteiger partial charge is 0.378 e. The molecule has 0 saturated carbocycles.